The molecule has 1 N–H and O–H groups in total. The van der Waals surface area contributed by atoms with Crippen LogP contribution in [0, 0.1) is 6.92 Å². The fourth-order valence-corrected chi connectivity index (χ4v) is 4.18. The first-order valence-electron chi connectivity index (χ1n) is 5.66. The van der Waals surface area contributed by atoms with E-state index in [9.17, 15) is 0 Å². The molecule has 0 aliphatic rings. The Bertz CT molecular complexity index is 548. The van der Waals surface area contributed by atoms with E-state index >= 15 is 0 Å². The van der Waals surface area contributed by atoms with Gasteiger partial charge in [-0.05, 0) is 38.1 Å². The fourth-order valence-electron chi connectivity index (χ4n) is 2.12. The maximum atomic E-state index is 6.26. The molecular weight excluding hydrogens is 273 g/mol. The maximum Gasteiger partial charge on any atom is 0.0510 e. The van der Waals surface area contributed by atoms with Crippen LogP contribution in [0.2, 0.25) is 10.0 Å². The molecule has 17 heavy (non-hydrogen) atoms. The second-order valence-corrected chi connectivity index (χ2v) is 6.06. The van der Waals surface area contributed by atoms with E-state index in [0.29, 0.717) is 11.1 Å². The van der Waals surface area contributed by atoms with E-state index < -0.39 is 0 Å². The molecule has 0 fully saturated rings. The smallest absolute Gasteiger partial charge is 0.0510 e. The number of hydrogen-bond acceptors (Lipinski definition) is 2. The highest BCUT2D eigenvalue weighted by Gasteiger charge is 2.16. The third kappa shape index (κ3) is 2.45. The van der Waals surface area contributed by atoms with Gasteiger partial charge in [-0.3, -0.25) is 0 Å². The molecule has 0 saturated heterocycles. The van der Waals surface area contributed by atoms with E-state index in [1.54, 1.807) is 11.3 Å². The highest BCUT2D eigenvalue weighted by molar-refractivity contribution is 7.19. The van der Waals surface area contributed by atoms with E-state index in [0.717, 1.165) is 17.0 Å². The molecule has 92 valence electrons. The predicted molar refractivity (Wildman–Crippen MR) is 78.7 cm³/mol. The van der Waals surface area contributed by atoms with Gasteiger partial charge in [-0.25, -0.2) is 0 Å². The Morgan fingerprint density at radius 1 is 1.35 bits per heavy atom. The number of nitrogens with one attached hydrogen (secondary N) is 1. The van der Waals surface area contributed by atoms with Gasteiger partial charge in [0.15, 0.2) is 0 Å². The fraction of sp³-hybridized carbons (Fsp3) is 0.385. The van der Waals surface area contributed by atoms with Crippen LogP contribution in [-0.2, 0) is 0 Å². The molecule has 4 heteroatoms. The number of fused-ring (bicyclic) bond motifs is 1. The minimum atomic E-state index is 0.354. The van der Waals surface area contributed by atoms with Gasteiger partial charge in [-0.2, -0.15) is 0 Å². The first kappa shape index (κ1) is 13.2. The molecule has 1 nitrogen and oxygen atoms in total. The van der Waals surface area contributed by atoms with Crippen molar-refractivity contribution in [3.8, 4) is 0 Å². The van der Waals surface area contributed by atoms with Gasteiger partial charge < -0.3 is 5.32 Å². The number of aryl methyl sites for hydroxylation is 1. The Hall–Kier alpha value is -0.280. The van der Waals surface area contributed by atoms with Crippen molar-refractivity contribution in [2.75, 3.05) is 6.54 Å². The average Bonchev–Trinajstić information content (AvgIpc) is 2.56. The lowest BCUT2D eigenvalue weighted by Gasteiger charge is -2.11. The van der Waals surface area contributed by atoms with E-state index in [-0.39, 0.29) is 0 Å². The number of thiophene rings is 1. The molecule has 0 radical (unpaired) electrons. The summed E-state index contributed by atoms with van der Waals surface area (Å²) in [6, 6.07) is 4.15. The number of rotatable bonds is 3. The third-order valence-electron chi connectivity index (χ3n) is 2.89. The summed E-state index contributed by atoms with van der Waals surface area (Å²) in [6.45, 7) is 7.38. The van der Waals surface area contributed by atoms with Crippen LogP contribution in [0.1, 0.15) is 30.3 Å². The van der Waals surface area contributed by atoms with Crippen LogP contribution in [0.25, 0.3) is 10.1 Å². The minimum Gasteiger partial charge on any atom is -0.310 e. The molecule has 0 aliphatic heterocycles. The van der Waals surface area contributed by atoms with Crippen molar-refractivity contribution in [2.45, 2.75) is 26.8 Å². The summed E-state index contributed by atoms with van der Waals surface area (Å²) in [5.41, 5.74) is 1.26. The Morgan fingerprint density at radius 2 is 2.06 bits per heavy atom. The topological polar surface area (TPSA) is 12.0 Å². The first-order chi connectivity index (χ1) is 8.04. The number of halogens is 2. The standard InChI is InChI=1S/C13H15Cl2NS/c1-4-16-8(3)13-7(2)12-10(15)5-9(14)6-11(12)17-13/h5-6,8,16H,4H2,1-3H3. The monoisotopic (exact) mass is 287 g/mol. The van der Waals surface area contributed by atoms with Crippen LogP contribution in [0.15, 0.2) is 12.1 Å². The normalized spacial score (nSPS) is 13.2. The third-order valence-corrected chi connectivity index (χ3v) is 4.82. The van der Waals surface area contributed by atoms with E-state index in [4.69, 9.17) is 23.2 Å². The van der Waals surface area contributed by atoms with Crippen molar-refractivity contribution in [1.29, 1.82) is 0 Å². The van der Waals surface area contributed by atoms with Gasteiger partial charge in [0, 0.05) is 26.0 Å². The van der Waals surface area contributed by atoms with E-state index in [1.165, 1.54) is 15.1 Å². The van der Waals surface area contributed by atoms with Gasteiger partial charge in [0.1, 0.15) is 0 Å². The molecule has 2 aromatic rings. The maximum absolute atomic E-state index is 6.26. The van der Waals surface area contributed by atoms with Crippen molar-refractivity contribution in [3.63, 3.8) is 0 Å². The molecule has 0 bridgehead atoms. The summed E-state index contributed by atoms with van der Waals surface area (Å²) >= 11 is 14.1. The lowest BCUT2D eigenvalue weighted by molar-refractivity contribution is 0.605. The van der Waals surface area contributed by atoms with Crippen LogP contribution in [0.5, 0.6) is 0 Å². The van der Waals surface area contributed by atoms with Gasteiger partial charge in [0.2, 0.25) is 0 Å². The average molecular weight is 288 g/mol. The van der Waals surface area contributed by atoms with Gasteiger partial charge in [-0.1, -0.05) is 30.1 Å². The summed E-state index contributed by atoms with van der Waals surface area (Å²) in [6.07, 6.45) is 0. The molecule has 0 spiro atoms. The Morgan fingerprint density at radius 3 is 2.71 bits per heavy atom. The largest absolute Gasteiger partial charge is 0.310 e. The lowest BCUT2D eigenvalue weighted by Crippen LogP contribution is -2.17. The zero-order chi connectivity index (χ0) is 12.6. The van der Waals surface area contributed by atoms with Crippen molar-refractivity contribution < 1.29 is 0 Å². The minimum absolute atomic E-state index is 0.354. The van der Waals surface area contributed by atoms with Crippen molar-refractivity contribution >= 4 is 44.6 Å². The van der Waals surface area contributed by atoms with E-state index in [1.807, 2.05) is 12.1 Å². The van der Waals surface area contributed by atoms with Crippen LogP contribution in [0.4, 0.5) is 0 Å². The van der Waals surface area contributed by atoms with Crippen molar-refractivity contribution in [3.05, 3.63) is 32.6 Å². The lowest BCUT2D eigenvalue weighted by atomic mass is 10.1. The molecule has 1 aromatic carbocycles. The molecule has 2 rings (SSSR count). The predicted octanol–water partition coefficient (Wildman–Crippen LogP) is 5.19. The SMILES string of the molecule is CCNC(C)c1sc2cc(Cl)cc(Cl)c2c1C. The molecule has 1 atom stereocenters. The molecule has 1 aromatic heterocycles. The van der Waals surface area contributed by atoms with Crippen molar-refractivity contribution in [2.24, 2.45) is 0 Å². The van der Waals surface area contributed by atoms with Gasteiger partial charge in [0.25, 0.3) is 0 Å². The van der Waals surface area contributed by atoms with Crippen molar-refractivity contribution in [1.82, 2.24) is 5.32 Å². The Kier molecular flexibility index (Phi) is 3.99. The van der Waals surface area contributed by atoms with Gasteiger partial charge >= 0.3 is 0 Å². The van der Waals surface area contributed by atoms with Crippen LogP contribution in [-0.4, -0.2) is 6.54 Å². The Labute approximate surface area is 116 Å². The zero-order valence-electron chi connectivity index (χ0n) is 10.1. The van der Waals surface area contributed by atoms with E-state index in [2.05, 4.69) is 26.1 Å². The quantitative estimate of drug-likeness (QED) is 0.819. The summed E-state index contributed by atoms with van der Waals surface area (Å²) in [7, 11) is 0. The van der Waals surface area contributed by atoms with Crippen LogP contribution < -0.4 is 5.32 Å². The highest BCUT2D eigenvalue weighted by atomic mass is 35.5. The molecule has 0 aliphatic carbocycles. The van der Waals surface area contributed by atoms with Crippen LogP contribution in [0.3, 0.4) is 0 Å². The molecule has 1 unspecified atom stereocenters. The summed E-state index contributed by atoms with van der Waals surface area (Å²) in [4.78, 5) is 1.34. The number of hydrogen-bond donors (Lipinski definition) is 1. The van der Waals surface area contributed by atoms with Crippen LogP contribution >= 0.6 is 34.5 Å². The Balaban J connectivity index is 2.60. The first-order valence-corrected chi connectivity index (χ1v) is 7.23. The number of benzene rings is 1. The highest BCUT2D eigenvalue weighted by Crippen LogP contribution is 2.40. The molecule has 1 heterocycles. The van der Waals surface area contributed by atoms with Gasteiger partial charge in [-0.15, -0.1) is 11.3 Å². The summed E-state index contributed by atoms with van der Waals surface area (Å²) in [5, 5.41) is 6.02. The molecular formula is C13H15Cl2NS. The summed E-state index contributed by atoms with van der Waals surface area (Å²) < 4.78 is 1.17. The van der Waals surface area contributed by atoms with Gasteiger partial charge in [0.05, 0.1) is 5.02 Å². The second kappa shape index (κ2) is 5.15. The summed E-state index contributed by atoms with van der Waals surface area (Å²) in [5.74, 6) is 0. The zero-order valence-corrected chi connectivity index (χ0v) is 12.4. The molecule has 0 saturated carbocycles. The molecule has 0 amide bonds. The second-order valence-electron chi connectivity index (χ2n) is 4.13.